The number of nitrogens with zero attached hydrogens (tertiary/aromatic N) is 3. The summed E-state index contributed by atoms with van der Waals surface area (Å²) in [6.07, 6.45) is 0.229. The molecule has 0 saturated carbocycles. The smallest absolute Gasteiger partial charge is 0.268 e. The normalized spacial score (nSPS) is 14.1. The van der Waals surface area contributed by atoms with Crippen LogP contribution in [0.1, 0.15) is 30.0 Å². The third-order valence-corrected chi connectivity index (χ3v) is 5.04. The quantitative estimate of drug-likeness (QED) is 0.656. The highest BCUT2D eigenvalue weighted by Gasteiger charge is 2.27. The Balaban J connectivity index is 1.80. The molecule has 3 rings (SSSR count). The van der Waals surface area contributed by atoms with Crippen molar-refractivity contribution in [2.75, 3.05) is 21.3 Å². The first-order valence-corrected chi connectivity index (χ1v) is 10.0. The average Bonchev–Trinajstić information content (AvgIpc) is 2.84. The number of amides is 2. The molecular weight excluding hydrogens is 431 g/mol. The van der Waals surface area contributed by atoms with E-state index in [-0.39, 0.29) is 36.8 Å². The zero-order valence-electron chi connectivity index (χ0n) is 18.4. The van der Waals surface area contributed by atoms with Crippen molar-refractivity contribution < 1.29 is 28.2 Å². The van der Waals surface area contributed by atoms with Crippen LogP contribution in [-0.2, 0) is 16.1 Å². The molecule has 2 aromatic carbocycles. The molecule has 0 spiro atoms. The Kier molecular flexibility index (Phi) is 7.46. The monoisotopic (exact) mass is 454 g/mol. The summed E-state index contributed by atoms with van der Waals surface area (Å²) in [6, 6.07) is 9.82. The molecule has 0 saturated heterocycles. The van der Waals surface area contributed by atoms with Gasteiger partial charge in [-0.05, 0) is 35.4 Å². The fourth-order valence-electron chi connectivity index (χ4n) is 3.32. The summed E-state index contributed by atoms with van der Waals surface area (Å²) in [4.78, 5) is 25.1. The number of nitrogens with one attached hydrogen (secondary N) is 1. The first-order valence-electron chi connectivity index (χ1n) is 10.0. The Hall–Kier alpha value is -4.13. The first-order chi connectivity index (χ1) is 15.9. The van der Waals surface area contributed by atoms with Crippen molar-refractivity contribution in [2.45, 2.75) is 25.4 Å². The number of hydrogen-bond donors (Lipinski definition) is 1. The van der Waals surface area contributed by atoms with Gasteiger partial charge in [-0.3, -0.25) is 9.59 Å². The molecule has 1 aliphatic heterocycles. The number of ether oxygens (including phenoxy) is 3. The van der Waals surface area contributed by atoms with Gasteiger partial charge in [-0.25, -0.2) is 9.40 Å². The summed E-state index contributed by atoms with van der Waals surface area (Å²) in [6.45, 7) is 0.102. The van der Waals surface area contributed by atoms with Crippen molar-refractivity contribution in [1.29, 1.82) is 5.26 Å². The van der Waals surface area contributed by atoms with Crippen molar-refractivity contribution in [1.82, 2.24) is 10.3 Å². The largest absolute Gasteiger partial charge is 0.493 e. The number of benzene rings is 2. The molecule has 0 bridgehead atoms. The Morgan fingerprint density at radius 1 is 1.15 bits per heavy atom. The van der Waals surface area contributed by atoms with Crippen LogP contribution in [0.15, 0.2) is 41.5 Å². The number of hydrazone groups is 1. The first kappa shape index (κ1) is 23.5. The minimum atomic E-state index is -1.03. The highest BCUT2D eigenvalue weighted by atomic mass is 19.1. The minimum Gasteiger partial charge on any atom is -0.493 e. The Labute approximate surface area is 190 Å². The van der Waals surface area contributed by atoms with Crippen LogP contribution in [0.5, 0.6) is 17.2 Å². The second kappa shape index (κ2) is 10.5. The van der Waals surface area contributed by atoms with Crippen LogP contribution in [0.2, 0.25) is 0 Å². The SMILES string of the molecule is COc1cc(C(C#N)NC(=O)C2=NN(Cc3ccc(F)cc3)C(=O)CC2)cc(OC)c1OC. The van der Waals surface area contributed by atoms with Gasteiger partial charge in [0.25, 0.3) is 5.91 Å². The molecule has 0 fully saturated rings. The molecule has 0 aromatic heterocycles. The lowest BCUT2D eigenvalue weighted by molar-refractivity contribution is -0.132. The third-order valence-electron chi connectivity index (χ3n) is 5.04. The summed E-state index contributed by atoms with van der Waals surface area (Å²) in [5, 5.41) is 17.7. The van der Waals surface area contributed by atoms with Crippen LogP contribution in [0, 0.1) is 17.1 Å². The van der Waals surface area contributed by atoms with E-state index in [9.17, 15) is 19.2 Å². The Morgan fingerprint density at radius 2 is 1.79 bits per heavy atom. The van der Waals surface area contributed by atoms with E-state index in [4.69, 9.17) is 14.2 Å². The highest BCUT2D eigenvalue weighted by Crippen LogP contribution is 2.39. The van der Waals surface area contributed by atoms with Crippen molar-refractivity contribution in [3.8, 4) is 23.3 Å². The van der Waals surface area contributed by atoms with Gasteiger partial charge in [-0.1, -0.05) is 12.1 Å². The van der Waals surface area contributed by atoms with E-state index < -0.39 is 11.9 Å². The van der Waals surface area contributed by atoms with E-state index in [1.807, 2.05) is 6.07 Å². The van der Waals surface area contributed by atoms with Gasteiger partial charge in [-0.2, -0.15) is 10.4 Å². The van der Waals surface area contributed by atoms with E-state index in [2.05, 4.69) is 10.4 Å². The lowest BCUT2D eigenvalue weighted by Crippen LogP contribution is -2.39. The summed E-state index contributed by atoms with van der Waals surface area (Å²) < 4.78 is 29.0. The molecule has 1 unspecified atom stereocenters. The van der Waals surface area contributed by atoms with Crippen LogP contribution < -0.4 is 19.5 Å². The molecule has 1 heterocycles. The molecule has 10 heteroatoms. The highest BCUT2D eigenvalue weighted by molar-refractivity contribution is 6.39. The van der Waals surface area contributed by atoms with Crippen LogP contribution >= 0.6 is 0 Å². The summed E-state index contributed by atoms with van der Waals surface area (Å²) in [5.41, 5.74) is 1.21. The van der Waals surface area contributed by atoms with Gasteiger partial charge in [0.05, 0.1) is 33.9 Å². The molecular formula is C23H23FN4O5. The van der Waals surface area contributed by atoms with Crippen LogP contribution in [0.25, 0.3) is 0 Å². The van der Waals surface area contributed by atoms with Crippen molar-refractivity contribution in [3.05, 3.63) is 53.3 Å². The zero-order chi connectivity index (χ0) is 24.0. The topological polar surface area (TPSA) is 113 Å². The number of halogens is 1. The zero-order valence-corrected chi connectivity index (χ0v) is 18.4. The Morgan fingerprint density at radius 3 is 2.33 bits per heavy atom. The van der Waals surface area contributed by atoms with Crippen LogP contribution in [0.3, 0.4) is 0 Å². The third kappa shape index (κ3) is 5.38. The number of rotatable bonds is 8. The molecule has 2 amide bonds. The molecule has 0 aliphatic carbocycles. The van der Waals surface area contributed by atoms with Crippen LogP contribution in [-0.4, -0.2) is 43.9 Å². The van der Waals surface area contributed by atoms with Gasteiger partial charge >= 0.3 is 0 Å². The van der Waals surface area contributed by atoms with Crippen molar-refractivity contribution >= 4 is 17.5 Å². The van der Waals surface area contributed by atoms with Crippen molar-refractivity contribution in [2.24, 2.45) is 5.10 Å². The maximum absolute atomic E-state index is 13.1. The molecule has 1 aliphatic rings. The molecule has 33 heavy (non-hydrogen) atoms. The molecule has 9 nitrogen and oxygen atoms in total. The molecule has 2 aromatic rings. The van der Waals surface area contributed by atoms with E-state index in [1.165, 1.54) is 38.5 Å². The van der Waals surface area contributed by atoms with Gasteiger partial charge in [0.2, 0.25) is 11.7 Å². The average molecular weight is 454 g/mol. The minimum absolute atomic E-state index is 0.0921. The van der Waals surface area contributed by atoms with Gasteiger partial charge in [-0.15, -0.1) is 0 Å². The maximum Gasteiger partial charge on any atom is 0.268 e. The molecule has 1 N–H and O–H groups in total. The molecule has 1 atom stereocenters. The molecule has 0 radical (unpaired) electrons. The fourth-order valence-corrected chi connectivity index (χ4v) is 3.32. The summed E-state index contributed by atoms with van der Waals surface area (Å²) in [5.74, 6) is -0.177. The van der Waals surface area contributed by atoms with Crippen molar-refractivity contribution in [3.63, 3.8) is 0 Å². The fraction of sp³-hybridized carbons (Fsp3) is 0.304. The predicted molar refractivity (Wildman–Crippen MR) is 116 cm³/mol. The second-order valence-electron chi connectivity index (χ2n) is 7.12. The second-order valence-corrected chi connectivity index (χ2v) is 7.12. The number of nitriles is 1. The van der Waals surface area contributed by atoms with E-state index in [0.717, 1.165) is 0 Å². The van der Waals surface area contributed by atoms with Gasteiger partial charge in [0.15, 0.2) is 11.5 Å². The number of carbonyl (C=O) groups is 2. The van der Waals surface area contributed by atoms with Gasteiger partial charge in [0, 0.05) is 12.8 Å². The Bertz CT molecular complexity index is 1090. The predicted octanol–water partition coefficient (Wildman–Crippen LogP) is 2.71. The summed E-state index contributed by atoms with van der Waals surface area (Å²) in [7, 11) is 4.36. The van der Waals surface area contributed by atoms with Gasteiger partial charge in [0.1, 0.15) is 17.6 Å². The summed E-state index contributed by atoms with van der Waals surface area (Å²) >= 11 is 0. The lowest BCUT2D eigenvalue weighted by atomic mass is 10.1. The van der Waals surface area contributed by atoms with E-state index >= 15 is 0 Å². The maximum atomic E-state index is 13.1. The lowest BCUT2D eigenvalue weighted by Gasteiger charge is -2.24. The number of carbonyl (C=O) groups excluding carboxylic acids is 2. The number of hydrogen-bond acceptors (Lipinski definition) is 7. The molecule has 172 valence electrons. The van der Waals surface area contributed by atoms with Crippen LogP contribution in [0.4, 0.5) is 4.39 Å². The standard InChI is InChI=1S/C23H23FN4O5/c1-31-19-10-15(11-20(32-2)22(19)33-3)18(12-25)26-23(30)17-8-9-21(29)28(27-17)13-14-4-6-16(24)7-5-14/h4-7,10-11,18H,8-9,13H2,1-3H3,(H,26,30). The van der Waals surface area contributed by atoms with Gasteiger partial charge < -0.3 is 19.5 Å². The van der Waals surface area contributed by atoms with E-state index in [0.29, 0.717) is 28.4 Å². The number of methoxy groups -OCH3 is 3. The van der Waals surface area contributed by atoms with E-state index in [1.54, 1.807) is 24.3 Å².